The molecule has 0 unspecified atom stereocenters. The van der Waals surface area contributed by atoms with E-state index in [1.165, 1.54) is 37.2 Å². The van der Waals surface area contributed by atoms with Gasteiger partial charge >= 0.3 is 0 Å². The molecule has 1 fully saturated rings. The summed E-state index contributed by atoms with van der Waals surface area (Å²) in [5, 5.41) is 4.51. The van der Waals surface area contributed by atoms with E-state index >= 15 is 0 Å². The van der Waals surface area contributed by atoms with Gasteiger partial charge in [0.25, 0.3) is 5.95 Å². The molecule has 1 saturated carbocycles. The van der Waals surface area contributed by atoms with Gasteiger partial charge in [-0.15, -0.1) is 6.42 Å². The highest BCUT2D eigenvalue weighted by molar-refractivity contribution is 5.44. The second kappa shape index (κ2) is 7.80. The molecule has 0 amide bonds. The molecule has 1 aliphatic carbocycles. The monoisotopic (exact) mass is 304 g/mol. The van der Waals surface area contributed by atoms with Gasteiger partial charge in [-0.2, -0.15) is 15.0 Å². The zero-order valence-electron chi connectivity index (χ0n) is 13.5. The van der Waals surface area contributed by atoms with Gasteiger partial charge in [-0.1, -0.05) is 25.2 Å². The predicted molar refractivity (Wildman–Crippen MR) is 87.8 cm³/mol. The zero-order valence-corrected chi connectivity index (χ0v) is 13.5. The summed E-state index contributed by atoms with van der Waals surface area (Å²) in [7, 11) is 5.36. The summed E-state index contributed by atoms with van der Waals surface area (Å²) in [5.74, 6) is 4.08. The maximum Gasteiger partial charge on any atom is 0.256 e. The van der Waals surface area contributed by atoms with Crippen LogP contribution in [-0.2, 0) is 4.84 Å². The molecule has 1 aromatic heterocycles. The summed E-state index contributed by atoms with van der Waals surface area (Å²) in [4.78, 5) is 20.6. The van der Waals surface area contributed by atoms with E-state index in [2.05, 4.69) is 31.1 Å². The smallest absolute Gasteiger partial charge is 0.256 e. The van der Waals surface area contributed by atoms with E-state index in [-0.39, 0.29) is 0 Å². The van der Waals surface area contributed by atoms with Gasteiger partial charge in [0.15, 0.2) is 0 Å². The number of rotatable bonds is 6. The second-order valence-electron chi connectivity index (χ2n) is 5.40. The Kier molecular flexibility index (Phi) is 5.78. The Labute approximate surface area is 132 Å². The van der Waals surface area contributed by atoms with Crippen LogP contribution in [0.4, 0.5) is 17.8 Å². The van der Waals surface area contributed by atoms with Crippen LogP contribution in [0.15, 0.2) is 0 Å². The third-order valence-electron chi connectivity index (χ3n) is 3.95. The van der Waals surface area contributed by atoms with Crippen LogP contribution in [0.25, 0.3) is 0 Å². The molecular weight excluding hydrogens is 280 g/mol. The first-order valence-electron chi connectivity index (χ1n) is 7.59. The number of nitrogens with one attached hydrogen (secondary N) is 1. The van der Waals surface area contributed by atoms with E-state index in [0.717, 1.165) is 0 Å². The van der Waals surface area contributed by atoms with Crippen molar-refractivity contribution in [2.45, 2.75) is 38.1 Å². The minimum atomic E-state index is 0.368. The van der Waals surface area contributed by atoms with Crippen molar-refractivity contribution < 1.29 is 4.84 Å². The van der Waals surface area contributed by atoms with Crippen LogP contribution in [0.3, 0.4) is 0 Å². The van der Waals surface area contributed by atoms with Gasteiger partial charge in [0.05, 0.1) is 13.7 Å². The topological polar surface area (TPSA) is 66.4 Å². The van der Waals surface area contributed by atoms with Gasteiger partial charge in [-0.3, -0.25) is 4.84 Å². The average molecular weight is 304 g/mol. The minimum Gasteiger partial charge on any atom is -0.343 e. The van der Waals surface area contributed by atoms with Crippen LogP contribution in [-0.4, -0.2) is 48.7 Å². The highest BCUT2D eigenvalue weighted by atomic mass is 16.7. The van der Waals surface area contributed by atoms with E-state index in [0.29, 0.717) is 30.4 Å². The van der Waals surface area contributed by atoms with Crippen molar-refractivity contribution in [2.75, 3.05) is 43.0 Å². The van der Waals surface area contributed by atoms with Crippen molar-refractivity contribution in [1.29, 1.82) is 0 Å². The Balaban J connectivity index is 2.25. The molecule has 0 atom stereocenters. The van der Waals surface area contributed by atoms with Gasteiger partial charge in [0.1, 0.15) is 0 Å². The predicted octanol–water partition coefficient (Wildman–Crippen LogP) is 1.68. The Hall–Kier alpha value is -2.07. The Morgan fingerprint density at radius 3 is 2.50 bits per heavy atom. The fourth-order valence-electron chi connectivity index (χ4n) is 2.57. The molecule has 7 nitrogen and oxygen atoms in total. The summed E-state index contributed by atoms with van der Waals surface area (Å²) in [6.45, 7) is 0.368. The van der Waals surface area contributed by atoms with Crippen molar-refractivity contribution >= 4 is 17.8 Å². The molecular formula is C15H24N6O. The maximum absolute atomic E-state index is 5.29. The molecule has 0 aromatic carbocycles. The largest absolute Gasteiger partial charge is 0.343 e. The minimum absolute atomic E-state index is 0.368. The number of hydrogen-bond acceptors (Lipinski definition) is 7. The molecule has 0 spiro atoms. The standard InChI is InChI=1S/C15H24N6O/c1-5-11-16-13-17-14(19-15(18-13)21(3)22-4)20(2)12-9-7-6-8-10-12/h1,12H,6-11H2,2-4H3,(H,16,17,18,19). The molecule has 0 radical (unpaired) electrons. The molecule has 1 heterocycles. The fraction of sp³-hybridized carbons (Fsp3) is 0.667. The third-order valence-corrected chi connectivity index (χ3v) is 3.95. The number of nitrogens with zero attached hydrogens (tertiary/aromatic N) is 5. The summed E-state index contributed by atoms with van der Waals surface area (Å²) in [6.07, 6.45) is 11.5. The Morgan fingerprint density at radius 1 is 1.18 bits per heavy atom. The number of anilines is 3. The first-order valence-corrected chi connectivity index (χ1v) is 7.59. The molecule has 1 aromatic rings. The molecule has 7 heteroatoms. The van der Waals surface area contributed by atoms with Gasteiger partial charge in [-0.25, -0.2) is 5.06 Å². The molecule has 0 aliphatic heterocycles. The van der Waals surface area contributed by atoms with E-state index in [1.54, 1.807) is 14.2 Å². The average Bonchev–Trinajstić information content (AvgIpc) is 2.59. The fourth-order valence-corrected chi connectivity index (χ4v) is 2.57. The highest BCUT2D eigenvalue weighted by Crippen LogP contribution is 2.25. The quantitative estimate of drug-likeness (QED) is 0.633. The Bertz CT molecular complexity index is 523. The van der Waals surface area contributed by atoms with Crippen molar-refractivity contribution in [2.24, 2.45) is 0 Å². The second-order valence-corrected chi connectivity index (χ2v) is 5.40. The van der Waals surface area contributed by atoms with Gasteiger partial charge in [0.2, 0.25) is 11.9 Å². The molecule has 1 N–H and O–H groups in total. The number of hydrogen-bond donors (Lipinski definition) is 1. The first-order chi connectivity index (χ1) is 10.7. The number of aromatic nitrogens is 3. The van der Waals surface area contributed by atoms with Crippen LogP contribution in [0.1, 0.15) is 32.1 Å². The molecule has 1 aliphatic rings. The van der Waals surface area contributed by atoms with Crippen molar-refractivity contribution in [3.05, 3.63) is 0 Å². The molecule has 0 saturated heterocycles. The van der Waals surface area contributed by atoms with Crippen LogP contribution in [0, 0.1) is 12.3 Å². The van der Waals surface area contributed by atoms with Gasteiger partial charge in [-0.05, 0) is 12.8 Å². The van der Waals surface area contributed by atoms with E-state index in [1.807, 2.05) is 7.05 Å². The lowest BCUT2D eigenvalue weighted by Crippen LogP contribution is -2.35. The molecule has 22 heavy (non-hydrogen) atoms. The zero-order chi connectivity index (χ0) is 15.9. The summed E-state index contributed by atoms with van der Waals surface area (Å²) >= 11 is 0. The number of hydroxylamine groups is 1. The lowest BCUT2D eigenvalue weighted by Gasteiger charge is -2.31. The Morgan fingerprint density at radius 2 is 1.86 bits per heavy atom. The maximum atomic E-state index is 5.29. The summed E-state index contributed by atoms with van der Waals surface area (Å²) in [6, 6.07) is 0.470. The number of terminal acetylenes is 1. The highest BCUT2D eigenvalue weighted by Gasteiger charge is 2.22. The van der Waals surface area contributed by atoms with E-state index in [9.17, 15) is 0 Å². The van der Waals surface area contributed by atoms with Gasteiger partial charge < -0.3 is 10.2 Å². The third kappa shape index (κ3) is 3.98. The lowest BCUT2D eigenvalue weighted by molar-refractivity contribution is 0.180. The van der Waals surface area contributed by atoms with E-state index in [4.69, 9.17) is 11.3 Å². The molecule has 2 rings (SSSR count). The van der Waals surface area contributed by atoms with Crippen LogP contribution in [0.5, 0.6) is 0 Å². The van der Waals surface area contributed by atoms with Crippen molar-refractivity contribution in [1.82, 2.24) is 15.0 Å². The summed E-state index contributed by atoms with van der Waals surface area (Å²) in [5.41, 5.74) is 0. The van der Waals surface area contributed by atoms with Crippen LogP contribution < -0.4 is 15.3 Å². The van der Waals surface area contributed by atoms with Crippen molar-refractivity contribution in [3.63, 3.8) is 0 Å². The van der Waals surface area contributed by atoms with Crippen molar-refractivity contribution in [3.8, 4) is 12.3 Å². The van der Waals surface area contributed by atoms with Gasteiger partial charge in [0, 0.05) is 20.1 Å². The molecule has 120 valence electrons. The van der Waals surface area contributed by atoms with Crippen LogP contribution in [0.2, 0.25) is 0 Å². The van der Waals surface area contributed by atoms with E-state index < -0.39 is 0 Å². The summed E-state index contributed by atoms with van der Waals surface area (Å²) < 4.78 is 0. The lowest BCUT2D eigenvalue weighted by atomic mass is 9.95. The molecule has 0 bridgehead atoms. The normalized spacial score (nSPS) is 15.2. The SMILES string of the molecule is C#CCNc1nc(N(C)OC)nc(N(C)C2CCCCC2)n1. The first kappa shape index (κ1) is 16.3. The van der Waals surface area contributed by atoms with Crippen LogP contribution >= 0.6 is 0 Å².